The summed E-state index contributed by atoms with van der Waals surface area (Å²) >= 11 is 3.53. The van der Waals surface area contributed by atoms with E-state index in [4.69, 9.17) is 5.73 Å². The molecule has 1 aliphatic rings. The summed E-state index contributed by atoms with van der Waals surface area (Å²) in [5.41, 5.74) is 7.87. The van der Waals surface area contributed by atoms with E-state index in [1.807, 2.05) is 6.07 Å². The van der Waals surface area contributed by atoms with Crippen molar-refractivity contribution in [2.24, 2.45) is 11.7 Å². The molecule has 0 bridgehead atoms. The van der Waals surface area contributed by atoms with E-state index in [1.54, 1.807) is 0 Å². The minimum absolute atomic E-state index is 0.178. The smallest absolute Gasteiger partial charge is 0.240 e. The van der Waals surface area contributed by atoms with E-state index in [9.17, 15) is 4.79 Å². The number of primary amides is 1. The predicted octanol–water partition coefficient (Wildman–Crippen LogP) is 2.65. The van der Waals surface area contributed by atoms with Crippen molar-refractivity contribution in [2.45, 2.75) is 39.3 Å². The van der Waals surface area contributed by atoms with Crippen molar-refractivity contribution in [1.82, 2.24) is 5.32 Å². The predicted molar refractivity (Wildman–Crippen MR) is 90.2 cm³/mol. The summed E-state index contributed by atoms with van der Waals surface area (Å²) in [6, 6.07) is 6.07. The van der Waals surface area contributed by atoms with E-state index in [-0.39, 0.29) is 11.9 Å². The lowest BCUT2D eigenvalue weighted by atomic mass is 10.1. The van der Waals surface area contributed by atoms with Gasteiger partial charge in [-0.15, -0.1) is 0 Å². The second kappa shape index (κ2) is 7.27. The Morgan fingerprint density at radius 2 is 2.29 bits per heavy atom. The zero-order valence-electron chi connectivity index (χ0n) is 12.7. The lowest BCUT2D eigenvalue weighted by Crippen LogP contribution is -2.41. The van der Waals surface area contributed by atoms with Gasteiger partial charge in [-0.3, -0.25) is 4.79 Å². The molecule has 3 N–H and O–H groups in total. The van der Waals surface area contributed by atoms with Gasteiger partial charge in [-0.25, -0.2) is 0 Å². The van der Waals surface area contributed by atoms with Crippen molar-refractivity contribution < 1.29 is 4.79 Å². The summed E-state index contributed by atoms with van der Waals surface area (Å²) in [7, 11) is 0. The van der Waals surface area contributed by atoms with Crippen LogP contribution in [0, 0.1) is 5.92 Å². The third kappa shape index (κ3) is 4.20. The van der Waals surface area contributed by atoms with E-state index >= 15 is 0 Å². The SMILES string of the molecule is CC(C)CNCc1ccc(Br)cc1N1CCCC1C(N)=O. The minimum Gasteiger partial charge on any atom is -0.368 e. The van der Waals surface area contributed by atoms with Crippen molar-refractivity contribution in [2.75, 3.05) is 18.0 Å². The number of amides is 1. The number of carbonyl (C=O) groups is 1. The van der Waals surface area contributed by atoms with Crippen molar-refractivity contribution in [3.8, 4) is 0 Å². The molecule has 1 heterocycles. The Hall–Kier alpha value is -1.07. The van der Waals surface area contributed by atoms with E-state index < -0.39 is 0 Å². The average Bonchev–Trinajstić information content (AvgIpc) is 2.89. The van der Waals surface area contributed by atoms with Crippen molar-refractivity contribution in [3.05, 3.63) is 28.2 Å². The zero-order chi connectivity index (χ0) is 15.4. The number of halogens is 1. The molecule has 1 aromatic rings. The molecule has 1 amide bonds. The molecular formula is C16H24BrN3O. The molecule has 0 aliphatic carbocycles. The van der Waals surface area contributed by atoms with Gasteiger partial charge in [-0.1, -0.05) is 35.8 Å². The molecule has 1 atom stereocenters. The highest BCUT2D eigenvalue weighted by Crippen LogP contribution is 2.31. The number of carbonyl (C=O) groups excluding carboxylic acids is 1. The van der Waals surface area contributed by atoms with Gasteiger partial charge < -0.3 is 16.0 Å². The monoisotopic (exact) mass is 353 g/mol. The van der Waals surface area contributed by atoms with Crippen LogP contribution in [0.4, 0.5) is 5.69 Å². The number of nitrogens with one attached hydrogen (secondary N) is 1. The highest BCUT2D eigenvalue weighted by atomic mass is 79.9. The molecule has 2 rings (SSSR count). The summed E-state index contributed by atoms with van der Waals surface area (Å²) in [6.45, 7) is 7.07. The number of nitrogens with zero attached hydrogens (tertiary/aromatic N) is 1. The third-order valence-corrected chi connectivity index (χ3v) is 4.30. The average molecular weight is 354 g/mol. The summed E-state index contributed by atoms with van der Waals surface area (Å²) in [5.74, 6) is 0.391. The molecule has 5 heteroatoms. The van der Waals surface area contributed by atoms with Crippen LogP contribution in [-0.4, -0.2) is 25.0 Å². The molecule has 1 unspecified atom stereocenters. The third-order valence-electron chi connectivity index (χ3n) is 3.81. The van der Waals surface area contributed by atoms with Gasteiger partial charge in [-0.05, 0) is 43.0 Å². The first kappa shape index (κ1) is 16.3. The first-order valence-corrected chi connectivity index (χ1v) is 8.33. The van der Waals surface area contributed by atoms with Crippen LogP contribution in [0.1, 0.15) is 32.3 Å². The van der Waals surface area contributed by atoms with Crippen LogP contribution in [0.5, 0.6) is 0 Å². The van der Waals surface area contributed by atoms with Crippen molar-refractivity contribution >= 4 is 27.5 Å². The summed E-state index contributed by atoms with van der Waals surface area (Å²) in [4.78, 5) is 13.8. The number of rotatable bonds is 6. The highest BCUT2D eigenvalue weighted by Gasteiger charge is 2.30. The van der Waals surface area contributed by atoms with Gasteiger partial charge in [0.1, 0.15) is 6.04 Å². The van der Waals surface area contributed by atoms with Crippen LogP contribution in [-0.2, 0) is 11.3 Å². The number of anilines is 1. The van der Waals surface area contributed by atoms with E-state index in [0.717, 1.165) is 42.6 Å². The Labute approximate surface area is 135 Å². The lowest BCUT2D eigenvalue weighted by molar-refractivity contribution is -0.119. The fourth-order valence-electron chi connectivity index (χ4n) is 2.80. The van der Waals surface area contributed by atoms with E-state index in [0.29, 0.717) is 5.92 Å². The second-order valence-electron chi connectivity index (χ2n) is 6.05. The Kier molecular flexibility index (Phi) is 5.65. The summed E-state index contributed by atoms with van der Waals surface area (Å²) in [5, 5.41) is 3.47. The number of hydrogen-bond donors (Lipinski definition) is 2. The van der Waals surface area contributed by atoms with E-state index in [2.05, 4.69) is 52.1 Å². The molecule has 1 fully saturated rings. The minimum atomic E-state index is -0.228. The van der Waals surface area contributed by atoms with Gasteiger partial charge in [0.15, 0.2) is 0 Å². The maximum Gasteiger partial charge on any atom is 0.240 e. The largest absolute Gasteiger partial charge is 0.368 e. The topological polar surface area (TPSA) is 58.4 Å². The molecule has 1 aromatic carbocycles. The Balaban J connectivity index is 2.20. The fraction of sp³-hybridized carbons (Fsp3) is 0.562. The molecule has 0 radical (unpaired) electrons. The van der Waals surface area contributed by atoms with Gasteiger partial charge in [0.05, 0.1) is 0 Å². The maximum absolute atomic E-state index is 11.6. The summed E-state index contributed by atoms with van der Waals surface area (Å²) in [6.07, 6.45) is 1.86. The molecule has 1 saturated heterocycles. The lowest BCUT2D eigenvalue weighted by Gasteiger charge is -2.27. The molecule has 4 nitrogen and oxygen atoms in total. The Bertz CT molecular complexity index is 504. The quantitative estimate of drug-likeness (QED) is 0.826. The Morgan fingerprint density at radius 3 is 2.95 bits per heavy atom. The van der Waals surface area contributed by atoms with Crippen LogP contribution in [0.2, 0.25) is 0 Å². The summed E-state index contributed by atoms with van der Waals surface area (Å²) < 4.78 is 1.03. The van der Waals surface area contributed by atoms with Crippen molar-refractivity contribution in [3.63, 3.8) is 0 Å². The molecule has 0 aromatic heterocycles. The van der Waals surface area contributed by atoms with Crippen LogP contribution in [0.15, 0.2) is 22.7 Å². The number of nitrogens with two attached hydrogens (primary N) is 1. The van der Waals surface area contributed by atoms with Crippen molar-refractivity contribution in [1.29, 1.82) is 0 Å². The van der Waals surface area contributed by atoms with Gasteiger partial charge >= 0.3 is 0 Å². The van der Waals surface area contributed by atoms with Gasteiger partial charge in [0.2, 0.25) is 5.91 Å². The maximum atomic E-state index is 11.6. The molecule has 0 spiro atoms. The van der Waals surface area contributed by atoms with Crippen LogP contribution < -0.4 is 16.0 Å². The second-order valence-corrected chi connectivity index (χ2v) is 6.97. The zero-order valence-corrected chi connectivity index (χ0v) is 14.3. The van der Waals surface area contributed by atoms with Gasteiger partial charge in [0, 0.05) is 23.2 Å². The number of hydrogen-bond acceptors (Lipinski definition) is 3. The van der Waals surface area contributed by atoms with Crippen LogP contribution >= 0.6 is 15.9 Å². The molecule has 0 saturated carbocycles. The molecule has 1 aliphatic heterocycles. The molecule has 116 valence electrons. The highest BCUT2D eigenvalue weighted by molar-refractivity contribution is 9.10. The fourth-order valence-corrected chi connectivity index (χ4v) is 3.15. The first-order chi connectivity index (χ1) is 9.99. The number of benzene rings is 1. The van der Waals surface area contributed by atoms with Gasteiger partial charge in [-0.2, -0.15) is 0 Å². The normalized spacial score (nSPS) is 18.5. The Morgan fingerprint density at radius 1 is 1.52 bits per heavy atom. The first-order valence-electron chi connectivity index (χ1n) is 7.54. The van der Waals surface area contributed by atoms with Crippen LogP contribution in [0.25, 0.3) is 0 Å². The standard InChI is InChI=1S/C16H24BrN3O/c1-11(2)9-19-10-12-5-6-13(17)8-15(12)20-7-3-4-14(20)16(18)21/h5-6,8,11,14,19H,3-4,7,9-10H2,1-2H3,(H2,18,21). The molecular weight excluding hydrogens is 330 g/mol. The van der Waals surface area contributed by atoms with Crippen LogP contribution in [0.3, 0.4) is 0 Å². The van der Waals surface area contributed by atoms with Gasteiger partial charge in [0.25, 0.3) is 0 Å². The molecule has 21 heavy (non-hydrogen) atoms. The van der Waals surface area contributed by atoms with E-state index in [1.165, 1.54) is 5.56 Å².